The van der Waals surface area contributed by atoms with Crippen LogP contribution in [0.25, 0.3) is 0 Å². The smallest absolute Gasteiger partial charge is 0.267 e. The number of aryl methyl sites for hydroxylation is 1. The van der Waals surface area contributed by atoms with Crippen LogP contribution < -0.4 is 21.1 Å². The maximum absolute atomic E-state index is 12.3. The van der Waals surface area contributed by atoms with Crippen molar-refractivity contribution >= 4 is 23.2 Å². The first kappa shape index (κ1) is 18.5. The van der Waals surface area contributed by atoms with Crippen molar-refractivity contribution in [1.29, 1.82) is 5.26 Å². The molecule has 2 aromatic rings. The van der Waals surface area contributed by atoms with E-state index in [1.165, 1.54) is 7.11 Å². The number of nitriles is 1. The Morgan fingerprint density at radius 1 is 1.19 bits per heavy atom. The van der Waals surface area contributed by atoms with E-state index in [1.54, 1.807) is 42.5 Å². The summed E-state index contributed by atoms with van der Waals surface area (Å²) in [5.41, 5.74) is 7.55. The zero-order valence-corrected chi connectivity index (χ0v) is 14.4. The largest absolute Gasteiger partial charge is 0.495 e. The highest BCUT2D eigenvalue weighted by atomic mass is 16.5. The van der Waals surface area contributed by atoms with Gasteiger partial charge in [-0.3, -0.25) is 9.59 Å². The average Bonchev–Trinajstić information content (AvgIpc) is 2.63. The third-order valence-corrected chi connectivity index (χ3v) is 3.49. The number of hydrogen-bond donors (Lipinski definition) is 3. The van der Waals surface area contributed by atoms with Crippen molar-refractivity contribution in [3.8, 4) is 11.8 Å². The number of nitrogens with two attached hydrogens (primary N) is 1. The molecular formula is C19H18N4O3. The van der Waals surface area contributed by atoms with Gasteiger partial charge >= 0.3 is 0 Å². The van der Waals surface area contributed by atoms with Crippen LogP contribution in [-0.4, -0.2) is 18.9 Å². The first-order valence-corrected chi connectivity index (χ1v) is 7.67. The summed E-state index contributed by atoms with van der Waals surface area (Å²) in [4.78, 5) is 24.3. The summed E-state index contributed by atoms with van der Waals surface area (Å²) in [6.07, 6.45) is 1.07. The molecule has 132 valence electrons. The van der Waals surface area contributed by atoms with Gasteiger partial charge in [-0.25, -0.2) is 0 Å². The van der Waals surface area contributed by atoms with E-state index in [2.05, 4.69) is 10.6 Å². The van der Waals surface area contributed by atoms with E-state index in [0.29, 0.717) is 22.7 Å². The number of rotatable bonds is 5. The predicted molar refractivity (Wildman–Crippen MR) is 98.4 cm³/mol. The number of nitrogens with zero attached hydrogens (tertiary/aromatic N) is 1. The number of nitrogen functional groups attached to an aromatic ring is 1. The first-order valence-electron chi connectivity index (χ1n) is 7.67. The summed E-state index contributed by atoms with van der Waals surface area (Å²) in [6.45, 7) is 1.86. The van der Waals surface area contributed by atoms with Crippen LogP contribution in [0.1, 0.15) is 15.9 Å². The average molecular weight is 350 g/mol. The third-order valence-electron chi connectivity index (χ3n) is 3.49. The van der Waals surface area contributed by atoms with Gasteiger partial charge in [-0.2, -0.15) is 5.26 Å². The van der Waals surface area contributed by atoms with Crippen LogP contribution in [0.4, 0.5) is 11.4 Å². The van der Waals surface area contributed by atoms with Gasteiger partial charge in [-0.15, -0.1) is 0 Å². The van der Waals surface area contributed by atoms with Crippen LogP contribution >= 0.6 is 0 Å². The Morgan fingerprint density at radius 2 is 1.88 bits per heavy atom. The number of carbonyl (C=O) groups is 2. The minimum atomic E-state index is -0.658. The van der Waals surface area contributed by atoms with Crippen molar-refractivity contribution in [2.24, 2.45) is 0 Å². The number of carbonyl (C=O) groups excluding carboxylic acids is 2. The molecule has 0 saturated heterocycles. The van der Waals surface area contributed by atoms with Crippen LogP contribution in [0.3, 0.4) is 0 Å². The molecule has 0 spiro atoms. The Hall–Kier alpha value is -3.79. The molecular weight excluding hydrogens is 332 g/mol. The van der Waals surface area contributed by atoms with Crippen LogP contribution in [0, 0.1) is 18.3 Å². The van der Waals surface area contributed by atoms with E-state index in [4.69, 9.17) is 10.5 Å². The first-order chi connectivity index (χ1) is 12.4. The summed E-state index contributed by atoms with van der Waals surface area (Å²) < 4.78 is 5.18. The Kier molecular flexibility index (Phi) is 5.96. The van der Waals surface area contributed by atoms with Crippen LogP contribution in [0.2, 0.25) is 0 Å². The maximum Gasteiger partial charge on any atom is 0.267 e. The molecule has 0 atom stereocenters. The van der Waals surface area contributed by atoms with E-state index in [9.17, 15) is 14.9 Å². The molecule has 0 fully saturated rings. The Bertz CT molecular complexity index is 896. The molecule has 0 aliphatic rings. The van der Waals surface area contributed by atoms with Crippen LogP contribution in [0.5, 0.6) is 5.75 Å². The predicted octanol–water partition coefficient (Wildman–Crippen LogP) is 2.36. The van der Waals surface area contributed by atoms with Crippen LogP contribution in [0.15, 0.2) is 54.2 Å². The molecule has 7 nitrogen and oxygen atoms in total. The molecule has 0 aliphatic carbocycles. The Labute approximate surface area is 151 Å². The minimum absolute atomic E-state index is 0.252. The molecule has 0 aliphatic heterocycles. The standard InChI is InChI=1S/C19H18N4O3/c1-12-3-8-17(26-2)16(9-12)23-19(25)14(10-20)11-22-18(24)13-4-6-15(21)7-5-13/h3-9,11H,21H2,1-2H3,(H,22,24)(H,23,25)/b14-11-. The molecule has 7 heteroatoms. The van der Waals surface area contributed by atoms with Crippen molar-refractivity contribution in [1.82, 2.24) is 5.32 Å². The lowest BCUT2D eigenvalue weighted by Crippen LogP contribution is -2.21. The number of ether oxygens (including phenoxy) is 1. The fourth-order valence-corrected chi connectivity index (χ4v) is 2.11. The fourth-order valence-electron chi connectivity index (χ4n) is 2.11. The summed E-state index contributed by atoms with van der Waals surface area (Å²) in [7, 11) is 1.48. The third kappa shape index (κ3) is 4.61. The summed E-state index contributed by atoms with van der Waals surface area (Å²) in [6, 6.07) is 13.3. The lowest BCUT2D eigenvalue weighted by Gasteiger charge is -2.10. The number of hydrogen-bond acceptors (Lipinski definition) is 5. The SMILES string of the molecule is COc1ccc(C)cc1NC(=O)/C(C#N)=C\NC(=O)c1ccc(N)cc1. The number of anilines is 2. The molecule has 26 heavy (non-hydrogen) atoms. The highest BCUT2D eigenvalue weighted by Crippen LogP contribution is 2.25. The molecule has 2 aromatic carbocycles. The summed E-state index contributed by atoms with van der Waals surface area (Å²) in [5.74, 6) is -0.653. The second-order valence-electron chi connectivity index (χ2n) is 5.42. The Morgan fingerprint density at radius 3 is 2.50 bits per heavy atom. The van der Waals surface area contributed by atoms with E-state index in [-0.39, 0.29) is 5.57 Å². The van der Waals surface area contributed by atoms with Gasteiger partial charge in [0, 0.05) is 17.5 Å². The van der Waals surface area contributed by atoms with Gasteiger partial charge in [0.05, 0.1) is 12.8 Å². The second kappa shape index (κ2) is 8.35. The van der Waals surface area contributed by atoms with Crippen LogP contribution in [-0.2, 0) is 4.79 Å². The molecule has 0 bridgehead atoms. The van der Waals surface area contributed by atoms with Gasteiger partial charge in [0.15, 0.2) is 0 Å². The van der Waals surface area contributed by atoms with Crippen molar-refractivity contribution in [3.63, 3.8) is 0 Å². The molecule has 0 unspecified atom stereocenters. The van der Waals surface area contributed by atoms with Crippen molar-refractivity contribution < 1.29 is 14.3 Å². The number of benzene rings is 2. The molecule has 2 rings (SSSR count). The van der Waals surface area contributed by atoms with Gasteiger partial charge in [0.25, 0.3) is 11.8 Å². The fraction of sp³-hybridized carbons (Fsp3) is 0.105. The maximum atomic E-state index is 12.3. The van der Waals surface area contributed by atoms with Gasteiger partial charge < -0.3 is 21.1 Å². The molecule has 4 N–H and O–H groups in total. The van der Waals surface area contributed by atoms with Gasteiger partial charge in [0.2, 0.25) is 0 Å². The quantitative estimate of drug-likeness (QED) is 0.435. The van der Waals surface area contributed by atoms with E-state index < -0.39 is 11.8 Å². The lowest BCUT2D eigenvalue weighted by atomic mass is 10.2. The van der Waals surface area contributed by atoms with Crippen molar-refractivity contribution in [2.45, 2.75) is 6.92 Å². The normalized spacial score (nSPS) is 10.6. The van der Waals surface area contributed by atoms with E-state index in [0.717, 1.165) is 11.8 Å². The lowest BCUT2D eigenvalue weighted by molar-refractivity contribution is -0.112. The minimum Gasteiger partial charge on any atom is -0.495 e. The summed E-state index contributed by atoms with van der Waals surface area (Å²) in [5, 5.41) is 14.2. The number of methoxy groups -OCH3 is 1. The zero-order chi connectivity index (χ0) is 19.1. The highest BCUT2D eigenvalue weighted by Gasteiger charge is 2.13. The number of amides is 2. The second-order valence-corrected chi connectivity index (χ2v) is 5.42. The molecule has 0 aromatic heterocycles. The summed E-state index contributed by atoms with van der Waals surface area (Å²) >= 11 is 0. The van der Waals surface area contributed by atoms with Gasteiger partial charge in [-0.1, -0.05) is 6.07 Å². The number of nitrogens with one attached hydrogen (secondary N) is 2. The zero-order valence-electron chi connectivity index (χ0n) is 14.4. The molecule has 0 radical (unpaired) electrons. The van der Waals surface area contributed by atoms with Gasteiger partial charge in [0.1, 0.15) is 17.4 Å². The highest BCUT2D eigenvalue weighted by molar-refractivity contribution is 6.07. The van der Waals surface area contributed by atoms with E-state index >= 15 is 0 Å². The van der Waals surface area contributed by atoms with Gasteiger partial charge in [-0.05, 0) is 48.9 Å². The molecule has 2 amide bonds. The van der Waals surface area contributed by atoms with Crippen molar-refractivity contribution in [2.75, 3.05) is 18.2 Å². The molecule has 0 saturated carbocycles. The Balaban J connectivity index is 2.12. The topological polar surface area (TPSA) is 117 Å². The molecule has 0 heterocycles. The monoisotopic (exact) mass is 350 g/mol. The van der Waals surface area contributed by atoms with E-state index in [1.807, 2.05) is 13.0 Å². The van der Waals surface area contributed by atoms with Crippen molar-refractivity contribution in [3.05, 3.63) is 65.4 Å².